The molecular weight excluding hydrogens is 1830 g/mol. The molecule has 0 saturated heterocycles. The zero-order chi connectivity index (χ0) is 96.4. The lowest BCUT2D eigenvalue weighted by Crippen LogP contribution is -2.14. The molecule has 0 atom stereocenters. The number of nitrogen functional groups attached to an aromatic ring is 2. The first-order chi connectivity index (χ1) is 69.1. The second-order valence-corrected chi connectivity index (χ2v) is 33.5. The van der Waals surface area contributed by atoms with Crippen LogP contribution in [0.3, 0.4) is 0 Å². The van der Waals surface area contributed by atoms with Crippen molar-refractivity contribution in [2.24, 2.45) is 0 Å². The van der Waals surface area contributed by atoms with Gasteiger partial charge in [-0.25, -0.2) is 63.1 Å². The molecule has 24 rings (SSSR count). The number of nitrogens with one attached hydrogen (secondary N) is 4. The van der Waals surface area contributed by atoms with Gasteiger partial charge in [-0.05, 0) is 166 Å². The summed E-state index contributed by atoms with van der Waals surface area (Å²) < 4.78 is 53.7. The number of hydrogen-bond acceptors (Lipinski definition) is 32. The summed E-state index contributed by atoms with van der Waals surface area (Å²) in [4.78, 5) is 66.8. The van der Waals surface area contributed by atoms with Gasteiger partial charge in [0.2, 0.25) is 34.8 Å². The molecule has 2 fully saturated rings. The highest BCUT2D eigenvalue weighted by atomic mass is 35.5. The van der Waals surface area contributed by atoms with Gasteiger partial charge in [0, 0.05) is 71.7 Å². The number of para-hydroxylation sites is 3. The minimum absolute atomic E-state index is 0.152. The molecule has 37 nitrogen and oxygen atoms in total. The SMILES string of the molecule is CCc1[nH]c(=O)nc2c1c(Nc1ccc(Oc3ccccn3)cc1)nn2-c1ccccc1.COc1ncnc2c1c(Nc1cccc(Oc3cccc4c3CC=C4)c1)nn2-c1ccncc1.COc1ncnc2c1c(Nc1ccccc1Oc1ccco1)nn2-c1ccoc1.Cc1cccc(C(=S)c2nn(C3CCCC3)c3nc(Cl)ncc23)c1.Cc1coc(-c2nn(C3CCCC3)c3nc(N)nc(N)c23)n1. The maximum atomic E-state index is 12.2. The fraction of sp³-hybridized carbons (Fsp3) is 0.167. The molecule has 21 aromatic rings. The number of H-pyrrole nitrogens is 1. The van der Waals surface area contributed by atoms with Gasteiger partial charge in [0.25, 0.3) is 5.95 Å². The van der Waals surface area contributed by atoms with Crippen LogP contribution < -0.4 is 56.8 Å². The highest BCUT2D eigenvalue weighted by Gasteiger charge is 2.31. The Hall–Kier alpha value is -17.9. The van der Waals surface area contributed by atoms with Gasteiger partial charge in [-0.15, -0.1) is 15.3 Å². The molecule has 2 saturated carbocycles. The van der Waals surface area contributed by atoms with E-state index in [1.807, 2.05) is 175 Å². The average Bonchev–Trinajstić information content (AvgIpc) is 1.60. The first-order valence-electron chi connectivity index (χ1n) is 45.3. The fourth-order valence-corrected chi connectivity index (χ4v) is 17.4. The molecule has 141 heavy (non-hydrogen) atoms. The Morgan fingerprint density at radius 2 is 1.23 bits per heavy atom. The number of pyridine rings is 2. The van der Waals surface area contributed by atoms with Crippen molar-refractivity contribution in [3.8, 4) is 75.2 Å². The lowest BCUT2D eigenvalue weighted by atomic mass is 10.1. The maximum absolute atomic E-state index is 12.2. The Bertz CT molecular complexity index is 8140. The van der Waals surface area contributed by atoms with Gasteiger partial charge in [-0.2, -0.15) is 30.1 Å². The number of benzene rings is 6. The molecule has 0 amide bonds. The lowest BCUT2D eigenvalue weighted by Gasteiger charge is -2.12. The minimum atomic E-state index is -0.394. The number of hydrogen-bond donors (Lipinski definition) is 6. The van der Waals surface area contributed by atoms with Crippen LogP contribution in [0.2, 0.25) is 5.28 Å². The third-order valence-corrected chi connectivity index (χ3v) is 24.1. The van der Waals surface area contributed by atoms with Crippen LogP contribution in [0.25, 0.3) is 89.9 Å². The molecule has 704 valence electrons. The van der Waals surface area contributed by atoms with E-state index in [9.17, 15) is 4.79 Å². The first kappa shape index (κ1) is 90.8. The van der Waals surface area contributed by atoms with Crippen molar-refractivity contribution >= 4 is 136 Å². The predicted molar refractivity (Wildman–Crippen MR) is 539 cm³/mol. The summed E-state index contributed by atoms with van der Waals surface area (Å²) in [6.45, 7) is 5.91. The molecule has 3 aliphatic rings. The molecule has 15 aromatic heterocycles. The normalized spacial score (nSPS) is 12.7. The van der Waals surface area contributed by atoms with E-state index in [1.165, 1.54) is 55.0 Å². The quantitative estimate of drug-likeness (QED) is 0.0197. The molecule has 0 aliphatic heterocycles. The molecular formula is C102H89ClN28O9S. The van der Waals surface area contributed by atoms with E-state index < -0.39 is 5.69 Å². The molecule has 39 heteroatoms. The number of oxazole rings is 1. The predicted octanol–water partition coefficient (Wildman–Crippen LogP) is 21.2. The van der Waals surface area contributed by atoms with Crippen LogP contribution in [0.15, 0.2) is 281 Å². The summed E-state index contributed by atoms with van der Waals surface area (Å²) in [5.41, 5.74) is 26.8. The van der Waals surface area contributed by atoms with Crippen molar-refractivity contribution in [1.29, 1.82) is 0 Å². The van der Waals surface area contributed by atoms with Crippen molar-refractivity contribution in [3.63, 3.8) is 0 Å². The molecule has 3 aliphatic carbocycles. The van der Waals surface area contributed by atoms with E-state index in [0.717, 1.165) is 116 Å². The van der Waals surface area contributed by atoms with Crippen LogP contribution >= 0.6 is 23.8 Å². The molecule has 0 unspecified atom stereocenters. The number of nitrogens with two attached hydrogens (primary N) is 2. The summed E-state index contributed by atoms with van der Waals surface area (Å²) in [5, 5.41) is 37.6. The summed E-state index contributed by atoms with van der Waals surface area (Å²) >= 11 is 11.8. The number of furan rings is 2. The van der Waals surface area contributed by atoms with Gasteiger partial charge < -0.3 is 69.3 Å². The third-order valence-electron chi connectivity index (χ3n) is 23.5. The smallest absolute Gasteiger partial charge is 0.347 e. The zero-order valence-corrected chi connectivity index (χ0v) is 78.2. The van der Waals surface area contributed by atoms with Crippen LogP contribution in [0.4, 0.5) is 46.3 Å². The van der Waals surface area contributed by atoms with E-state index in [2.05, 4.69) is 128 Å². The standard InChI is InChI=1S/C26H20N6O2.C24H20N6O2.C20H15N5O4.C18H17ClN4S.C14H17N7O/c1-33-26-23-24(31-32(25(23)28-16-29-26)19-11-13-27-14-12-19)30-18-7-4-8-20(15-18)34-22-10-3-6-17-5-2-9-21(17)22;1-2-19-21-22(26-16-11-13-18(14-12-16)32-20-10-6-7-15-25-20)29-30(17-8-4-3-5-9-17)23(21)28-24(31)27-19;1-26-20-17-18(24-25(13-8-10-27-11-13)19(17)21-12-22-20)23-14-5-2-3-6-15(14)29-16-7-4-9-28-16;1-11-5-4-6-12(9-11)16(24)15-14-10-20-18(19)21-17(14)23(22-15)13-7-2-3-8-13;1-7-6-22-13(17-7)10-9-11(15)18-14(16)19-12(9)21(20-10)8-4-2-3-5-8/h2-8,10-16H,9H2,1H3,(H,30,31);3-15H,2H2,1H3,(H,26,29)(H,27,28,31);2-12H,1H3,(H,23,24);4-6,9-10,13H,2-3,7-8H2,1H3;6,8H,2-5H2,1H3,(H4,15,16,18,19). The largest absolute Gasteiger partial charge is 0.480 e. The van der Waals surface area contributed by atoms with E-state index in [4.69, 9.17) is 87.5 Å². The van der Waals surface area contributed by atoms with Crippen molar-refractivity contribution in [2.75, 3.05) is 41.6 Å². The first-order valence-corrected chi connectivity index (χ1v) is 46.1. The highest BCUT2D eigenvalue weighted by Crippen LogP contribution is 2.43. The maximum Gasteiger partial charge on any atom is 0.347 e. The minimum Gasteiger partial charge on any atom is -0.480 e. The average molecular weight is 1920 g/mol. The van der Waals surface area contributed by atoms with Gasteiger partial charge >= 0.3 is 5.69 Å². The van der Waals surface area contributed by atoms with Crippen molar-refractivity contribution in [3.05, 3.63) is 318 Å². The van der Waals surface area contributed by atoms with Crippen molar-refractivity contribution in [2.45, 2.75) is 97.1 Å². The third kappa shape index (κ3) is 19.7. The van der Waals surface area contributed by atoms with Gasteiger partial charge in [0.05, 0.1) is 82.6 Å². The number of rotatable bonds is 23. The highest BCUT2D eigenvalue weighted by molar-refractivity contribution is 7.81. The van der Waals surface area contributed by atoms with E-state index >= 15 is 0 Å². The fourth-order valence-electron chi connectivity index (χ4n) is 17.0. The van der Waals surface area contributed by atoms with E-state index in [0.29, 0.717) is 133 Å². The molecule has 0 bridgehead atoms. The zero-order valence-electron chi connectivity index (χ0n) is 76.6. The second kappa shape index (κ2) is 40.9. The van der Waals surface area contributed by atoms with Gasteiger partial charge in [0.1, 0.15) is 70.4 Å². The van der Waals surface area contributed by atoms with Crippen LogP contribution in [-0.2, 0) is 12.8 Å². The number of aromatic amines is 1. The number of nitrogens with zero attached hydrogens (tertiary/aromatic N) is 22. The van der Waals surface area contributed by atoms with Crippen LogP contribution in [-0.4, -0.2) is 133 Å². The molecule has 15 heterocycles. The van der Waals surface area contributed by atoms with Gasteiger partial charge in [0.15, 0.2) is 57.1 Å². The number of thiocarbonyl (C=S) groups is 1. The van der Waals surface area contributed by atoms with E-state index in [1.54, 1.807) is 102 Å². The second-order valence-electron chi connectivity index (χ2n) is 32.8. The summed E-state index contributed by atoms with van der Waals surface area (Å²) in [6.07, 6.45) is 31.0. The lowest BCUT2D eigenvalue weighted by molar-refractivity contribution is 0.348. The van der Waals surface area contributed by atoms with Gasteiger partial charge in [-0.1, -0.05) is 141 Å². The number of aromatic nitrogens is 23. The Morgan fingerprint density at radius 1 is 0.546 bits per heavy atom. The molecule has 6 aromatic carbocycles. The number of ether oxygens (including phenoxy) is 5. The Kier molecular flexibility index (Phi) is 26.4. The number of methoxy groups -OCH3 is 2. The molecule has 0 radical (unpaired) electrons. The van der Waals surface area contributed by atoms with Crippen molar-refractivity contribution in [1.82, 2.24) is 114 Å². The number of fused-ring (bicyclic) bond motifs is 6. The van der Waals surface area contributed by atoms with Gasteiger partial charge in [-0.3, -0.25) is 4.98 Å². The number of halogens is 1. The molecule has 8 N–H and O–H groups in total. The topological polar surface area (TPSA) is 450 Å². The Labute approximate surface area is 813 Å². The monoisotopic (exact) mass is 1920 g/mol. The number of anilines is 8. The Balaban J connectivity index is 0.000000109. The summed E-state index contributed by atoms with van der Waals surface area (Å²) in [6, 6.07) is 61.8. The van der Waals surface area contributed by atoms with Crippen LogP contribution in [0, 0.1) is 13.8 Å². The van der Waals surface area contributed by atoms with Crippen LogP contribution in [0.1, 0.15) is 110 Å². The number of allylic oxidation sites excluding steroid dienone is 1. The van der Waals surface area contributed by atoms with E-state index in [-0.39, 0.29) is 11.2 Å². The Morgan fingerprint density at radius 3 is 1.92 bits per heavy atom. The summed E-state index contributed by atoms with van der Waals surface area (Å²) in [5.74, 6) is 7.17. The van der Waals surface area contributed by atoms with Crippen molar-refractivity contribution < 1.29 is 36.9 Å². The molecule has 0 spiro atoms. The number of aryl methyl sites for hydroxylation is 3. The summed E-state index contributed by atoms with van der Waals surface area (Å²) in [7, 11) is 3.13. The van der Waals surface area contributed by atoms with Crippen LogP contribution in [0.5, 0.6) is 46.6 Å².